The highest BCUT2D eigenvalue weighted by molar-refractivity contribution is 6.46. The summed E-state index contributed by atoms with van der Waals surface area (Å²) in [6.45, 7) is 2.82. The number of para-hydroxylation sites is 1. The van der Waals surface area contributed by atoms with E-state index in [0.29, 0.717) is 35.0 Å². The first-order valence-corrected chi connectivity index (χ1v) is 11.4. The lowest BCUT2D eigenvalue weighted by molar-refractivity contribution is -0.140. The van der Waals surface area contributed by atoms with Crippen LogP contribution < -0.4 is 9.47 Å². The zero-order valence-corrected chi connectivity index (χ0v) is 19.6. The SMILES string of the molecule is CCOc1ccc(C(O)=C2C(=O)C(=O)N(CCOC)C2c2cccc(Oc3ccccc3)c2)cc1. The monoisotopic (exact) mass is 473 g/mol. The van der Waals surface area contributed by atoms with Crippen LogP contribution in [0.5, 0.6) is 17.2 Å². The van der Waals surface area contributed by atoms with Gasteiger partial charge in [-0.25, -0.2) is 0 Å². The van der Waals surface area contributed by atoms with Crippen molar-refractivity contribution < 1.29 is 28.9 Å². The Hall–Kier alpha value is -4.10. The van der Waals surface area contributed by atoms with Crippen molar-refractivity contribution in [1.82, 2.24) is 4.90 Å². The Labute approximate surface area is 204 Å². The molecule has 0 bridgehead atoms. The van der Waals surface area contributed by atoms with Crippen LogP contribution in [0.1, 0.15) is 24.1 Å². The minimum Gasteiger partial charge on any atom is -0.507 e. The first kappa shape index (κ1) is 24.0. The van der Waals surface area contributed by atoms with Crippen LogP contribution in [-0.2, 0) is 14.3 Å². The third kappa shape index (κ3) is 5.20. The van der Waals surface area contributed by atoms with E-state index in [0.717, 1.165) is 0 Å². The predicted octanol–water partition coefficient (Wildman–Crippen LogP) is 4.95. The van der Waals surface area contributed by atoms with E-state index in [1.54, 1.807) is 48.5 Å². The quantitative estimate of drug-likeness (QED) is 0.269. The van der Waals surface area contributed by atoms with Gasteiger partial charge in [0.15, 0.2) is 0 Å². The topological polar surface area (TPSA) is 85.3 Å². The van der Waals surface area contributed by atoms with Gasteiger partial charge in [0.1, 0.15) is 23.0 Å². The van der Waals surface area contributed by atoms with E-state index in [4.69, 9.17) is 14.2 Å². The third-order valence-corrected chi connectivity index (χ3v) is 5.67. The van der Waals surface area contributed by atoms with Gasteiger partial charge in [-0.3, -0.25) is 9.59 Å². The Bertz CT molecular complexity index is 1220. The Balaban J connectivity index is 1.77. The smallest absolute Gasteiger partial charge is 0.295 e. The predicted molar refractivity (Wildman–Crippen MR) is 131 cm³/mol. The lowest BCUT2D eigenvalue weighted by Crippen LogP contribution is -2.32. The van der Waals surface area contributed by atoms with Gasteiger partial charge in [0.05, 0.1) is 24.8 Å². The summed E-state index contributed by atoms with van der Waals surface area (Å²) in [6.07, 6.45) is 0. The van der Waals surface area contributed by atoms with Crippen molar-refractivity contribution in [2.24, 2.45) is 0 Å². The van der Waals surface area contributed by atoms with E-state index in [1.807, 2.05) is 37.3 Å². The number of benzene rings is 3. The first-order chi connectivity index (χ1) is 17.0. The summed E-state index contributed by atoms with van der Waals surface area (Å²) >= 11 is 0. The van der Waals surface area contributed by atoms with Crippen LogP contribution in [0.3, 0.4) is 0 Å². The fourth-order valence-corrected chi connectivity index (χ4v) is 4.05. The Morgan fingerprint density at radius 2 is 1.63 bits per heavy atom. The number of aliphatic hydroxyl groups excluding tert-OH is 1. The maximum Gasteiger partial charge on any atom is 0.295 e. The van der Waals surface area contributed by atoms with E-state index in [-0.39, 0.29) is 24.5 Å². The van der Waals surface area contributed by atoms with Crippen molar-refractivity contribution in [1.29, 1.82) is 0 Å². The maximum atomic E-state index is 13.1. The van der Waals surface area contributed by atoms with Crippen molar-refractivity contribution >= 4 is 17.4 Å². The number of amides is 1. The minimum atomic E-state index is -0.795. The second-order valence-corrected chi connectivity index (χ2v) is 7.93. The number of nitrogens with zero attached hydrogens (tertiary/aromatic N) is 1. The summed E-state index contributed by atoms with van der Waals surface area (Å²) in [5, 5.41) is 11.2. The molecular weight excluding hydrogens is 446 g/mol. The standard InChI is InChI=1S/C28H27NO6/c1-3-34-21-14-12-19(13-15-21)26(30)24-25(29(16-17-33-2)28(32)27(24)31)20-8-7-11-23(18-20)35-22-9-5-4-6-10-22/h4-15,18,25,30H,3,16-17H2,1-2H3. The van der Waals surface area contributed by atoms with Gasteiger partial charge in [0.25, 0.3) is 11.7 Å². The highest BCUT2D eigenvalue weighted by Gasteiger charge is 2.46. The van der Waals surface area contributed by atoms with Gasteiger partial charge in [-0.2, -0.15) is 0 Å². The summed E-state index contributed by atoms with van der Waals surface area (Å²) in [5.74, 6) is 0.179. The molecule has 0 aromatic heterocycles. The molecule has 35 heavy (non-hydrogen) atoms. The molecule has 1 fully saturated rings. The average molecular weight is 474 g/mol. The van der Waals surface area contributed by atoms with Crippen LogP contribution in [0.2, 0.25) is 0 Å². The number of aliphatic hydroxyl groups is 1. The number of carbonyl (C=O) groups is 2. The summed E-state index contributed by atoms with van der Waals surface area (Å²) in [5.41, 5.74) is 1.08. The average Bonchev–Trinajstić information content (AvgIpc) is 3.13. The molecular formula is C28H27NO6. The Kier molecular flexibility index (Phi) is 7.48. The number of rotatable bonds is 9. The van der Waals surface area contributed by atoms with Gasteiger partial charge in [0.2, 0.25) is 0 Å². The Morgan fingerprint density at radius 1 is 0.914 bits per heavy atom. The number of likely N-dealkylation sites (tertiary alicyclic amines) is 1. The highest BCUT2D eigenvalue weighted by Crippen LogP contribution is 2.40. The number of Topliss-reactive ketones (excluding diaryl/α,β-unsaturated/α-hetero) is 1. The first-order valence-electron chi connectivity index (χ1n) is 11.4. The van der Waals surface area contributed by atoms with Gasteiger partial charge in [-0.1, -0.05) is 30.3 Å². The zero-order valence-electron chi connectivity index (χ0n) is 19.6. The van der Waals surface area contributed by atoms with Crippen LogP contribution in [0.25, 0.3) is 5.76 Å². The molecule has 0 aliphatic carbocycles. The van der Waals surface area contributed by atoms with E-state index in [9.17, 15) is 14.7 Å². The summed E-state index contributed by atoms with van der Waals surface area (Å²) in [7, 11) is 1.53. The maximum absolute atomic E-state index is 13.1. The molecule has 7 heteroatoms. The number of hydrogen-bond acceptors (Lipinski definition) is 6. The van der Waals surface area contributed by atoms with Crippen molar-refractivity contribution in [2.45, 2.75) is 13.0 Å². The second-order valence-electron chi connectivity index (χ2n) is 7.93. The molecule has 4 rings (SSSR count). The molecule has 1 unspecified atom stereocenters. The summed E-state index contributed by atoms with van der Waals surface area (Å²) in [4.78, 5) is 27.5. The van der Waals surface area contributed by atoms with Crippen molar-refractivity contribution in [3.63, 3.8) is 0 Å². The normalized spacial score (nSPS) is 17.0. The van der Waals surface area contributed by atoms with Gasteiger partial charge in [-0.05, 0) is 61.0 Å². The van der Waals surface area contributed by atoms with Crippen molar-refractivity contribution in [3.05, 3.63) is 95.6 Å². The molecule has 0 radical (unpaired) electrons. The molecule has 180 valence electrons. The van der Waals surface area contributed by atoms with Crippen molar-refractivity contribution in [2.75, 3.05) is 26.9 Å². The molecule has 1 saturated heterocycles. The molecule has 1 atom stereocenters. The van der Waals surface area contributed by atoms with Crippen LogP contribution in [-0.4, -0.2) is 48.6 Å². The molecule has 3 aromatic rings. The highest BCUT2D eigenvalue weighted by atomic mass is 16.5. The van der Waals surface area contributed by atoms with E-state index in [1.165, 1.54) is 12.0 Å². The fourth-order valence-electron chi connectivity index (χ4n) is 4.05. The van der Waals surface area contributed by atoms with Gasteiger partial charge in [-0.15, -0.1) is 0 Å². The van der Waals surface area contributed by atoms with Crippen molar-refractivity contribution in [3.8, 4) is 17.2 Å². The molecule has 1 aliphatic heterocycles. The van der Waals surface area contributed by atoms with E-state index in [2.05, 4.69) is 0 Å². The van der Waals surface area contributed by atoms with Crippen LogP contribution >= 0.6 is 0 Å². The Morgan fingerprint density at radius 3 is 2.31 bits per heavy atom. The lowest BCUT2D eigenvalue weighted by atomic mass is 9.95. The molecule has 1 amide bonds. The fraction of sp³-hybridized carbons (Fsp3) is 0.214. The van der Waals surface area contributed by atoms with E-state index >= 15 is 0 Å². The van der Waals surface area contributed by atoms with Gasteiger partial charge in [0, 0.05) is 19.2 Å². The summed E-state index contributed by atoms with van der Waals surface area (Å²) in [6, 6.07) is 22.4. The lowest BCUT2D eigenvalue weighted by Gasteiger charge is -2.25. The number of ketones is 1. The molecule has 7 nitrogen and oxygen atoms in total. The third-order valence-electron chi connectivity index (χ3n) is 5.67. The van der Waals surface area contributed by atoms with Crippen LogP contribution in [0.4, 0.5) is 0 Å². The number of hydrogen-bond donors (Lipinski definition) is 1. The molecule has 0 spiro atoms. The molecule has 1 N–H and O–H groups in total. The molecule has 0 saturated carbocycles. The van der Waals surface area contributed by atoms with Crippen LogP contribution in [0.15, 0.2) is 84.4 Å². The van der Waals surface area contributed by atoms with Gasteiger partial charge < -0.3 is 24.2 Å². The summed E-state index contributed by atoms with van der Waals surface area (Å²) < 4.78 is 16.6. The number of ether oxygens (including phenoxy) is 3. The number of methoxy groups -OCH3 is 1. The zero-order chi connectivity index (χ0) is 24.8. The van der Waals surface area contributed by atoms with E-state index < -0.39 is 17.7 Å². The largest absolute Gasteiger partial charge is 0.507 e. The molecule has 3 aromatic carbocycles. The van der Waals surface area contributed by atoms with Crippen LogP contribution in [0, 0.1) is 0 Å². The molecule has 1 aliphatic rings. The van der Waals surface area contributed by atoms with Gasteiger partial charge >= 0.3 is 0 Å². The molecule has 1 heterocycles. The minimum absolute atomic E-state index is 0.0205. The number of carbonyl (C=O) groups excluding carboxylic acids is 2. The second kappa shape index (κ2) is 10.9.